The Hall–Kier alpha value is -2.67. The fourth-order valence-electron chi connectivity index (χ4n) is 2.31. The third-order valence-electron chi connectivity index (χ3n) is 3.40. The van der Waals surface area contributed by atoms with Crippen LogP contribution >= 0.6 is 0 Å². The summed E-state index contributed by atoms with van der Waals surface area (Å²) in [6.45, 7) is 1.84. The molecule has 23 heavy (non-hydrogen) atoms. The van der Waals surface area contributed by atoms with Crippen molar-refractivity contribution in [3.05, 3.63) is 54.1 Å². The molecule has 0 fully saturated rings. The van der Waals surface area contributed by atoms with Gasteiger partial charge in [-0.25, -0.2) is 0 Å². The zero-order chi connectivity index (χ0) is 16.4. The summed E-state index contributed by atoms with van der Waals surface area (Å²) in [6, 6.07) is 14.0. The number of amides is 1. The first-order chi connectivity index (χ1) is 11.0. The lowest BCUT2D eigenvalue weighted by Crippen LogP contribution is -2.35. The number of carbonyl (C=O) groups is 1. The van der Waals surface area contributed by atoms with E-state index in [4.69, 9.17) is 0 Å². The van der Waals surface area contributed by atoms with Gasteiger partial charge in [0.25, 0.3) is 10.0 Å². The zero-order valence-electron chi connectivity index (χ0n) is 12.4. The Labute approximate surface area is 134 Å². The fourth-order valence-corrected chi connectivity index (χ4v) is 3.34. The van der Waals surface area contributed by atoms with Crippen molar-refractivity contribution >= 4 is 33.6 Å². The second-order valence-electron chi connectivity index (χ2n) is 5.21. The van der Waals surface area contributed by atoms with E-state index in [2.05, 4.69) is 9.71 Å². The zero-order valence-corrected chi connectivity index (χ0v) is 13.2. The molecule has 7 heteroatoms. The number of rotatable bonds is 3. The Kier molecular flexibility index (Phi) is 3.87. The van der Waals surface area contributed by atoms with Gasteiger partial charge in [0.2, 0.25) is 5.91 Å². The number of sulfonamides is 1. The van der Waals surface area contributed by atoms with Crippen LogP contribution in [0.1, 0.15) is 5.56 Å². The van der Waals surface area contributed by atoms with Crippen molar-refractivity contribution in [1.29, 1.82) is 0 Å². The molecule has 6 nitrogen and oxygen atoms in total. The second kappa shape index (κ2) is 5.85. The number of hydrogen-bond acceptors (Lipinski definition) is 4. The number of hydrogen-bond donors (Lipinski definition) is 1. The molecule has 0 aliphatic carbocycles. The topological polar surface area (TPSA) is 78.8 Å². The van der Waals surface area contributed by atoms with Crippen LogP contribution in [0.4, 0.5) is 11.4 Å². The highest BCUT2D eigenvalue weighted by molar-refractivity contribution is 7.90. The lowest BCUT2D eigenvalue weighted by Gasteiger charge is -2.25. The summed E-state index contributed by atoms with van der Waals surface area (Å²) in [6.07, 6.45) is 1.18. The van der Waals surface area contributed by atoms with Crippen LogP contribution in [0.5, 0.6) is 0 Å². The van der Waals surface area contributed by atoms with Crippen LogP contribution in [0, 0.1) is 6.92 Å². The maximum absolute atomic E-state index is 12.2. The molecule has 0 atom stereocenters. The molecular formula is C16H15N3O3S. The van der Waals surface area contributed by atoms with Crippen molar-refractivity contribution in [1.82, 2.24) is 0 Å². The number of aryl methyl sites for hydroxylation is 1. The molecule has 118 valence electrons. The largest absolute Gasteiger partial charge is 0.325 e. The number of anilines is 2. The van der Waals surface area contributed by atoms with Crippen molar-refractivity contribution in [3.8, 4) is 0 Å². The lowest BCUT2D eigenvalue weighted by molar-refractivity contribution is -0.114. The van der Waals surface area contributed by atoms with Crippen LogP contribution in [-0.4, -0.2) is 27.2 Å². The Morgan fingerprint density at radius 3 is 2.65 bits per heavy atom. The Morgan fingerprint density at radius 2 is 1.91 bits per heavy atom. The van der Waals surface area contributed by atoms with Crippen LogP contribution < -0.4 is 10.2 Å². The van der Waals surface area contributed by atoms with Crippen molar-refractivity contribution in [2.24, 2.45) is 4.40 Å². The molecule has 0 saturated carbocycles. The van der Waals surface area contributed by atoms with Gasteiger partial charge in [-0.3, -0.25) is 4.79 Å². The maximum atomic E-state index is 12.2. The predicted molar refractivity (Wildman–Crippen MR) is 89.3 cm³/mol. The first-order valence-corrected chi connectivity index (χ1v) is 8.42. The minimum Gasteiger partial charge on any atom is -0.325 e. The smallest absolute Gasteiger partial charge is 0.285 e. The SMILES string of the molecule is Cc1ccc2c(c1)N(CC(=O)Nc1ccccc1)C=NS2(=O)=O. The molecule has 2 aromatic rings. The molecule has 1 aliphatic heterocycles. The van der Waals surface area contributed by atoms with Crippen molar-refractivity contribution < 1.29 is 13.2 Å². The number of para-hydroxylation sites is 1. The lowest BCUT2D eigenvalue weighted by atomic mass is 10.2. The minimum atomic E-state index is -3.69. The van der Waals surface area contributed by atoms with Gasteiger partial charge < -0.3 is 10.2 Å². The highest BCUT2D eigenvalue weighted by Gasteiger charge is 2.26. The average Bonchev–Trinajstić information content (AvgIpc) is 2.51. The highest BCUT2D eigenvalue weighted by Crippen LogP contribution is 2.30. The number of fused-ring (bicyclic) bond motifs is 1. The summed E-state index contributed by atoms with van der Waals surface area (Å²) in [5.41, 5.74) is 2.05. The van der Waals surface area contributed by atoms with Crippen LogP contribution in [-0.2, 0) is 14.8 Å². The standard InChI is InChI=1S/C16H15N3O3S/c1-12-7-8-15-14(9-12)19(11-17-23(15,21)22)10-16(20)18-13-5-3-2-4-6-13/h2-9,11H,10H2,1H3,(H,18,20). The second-order valence-corrected chi connectivity index (χ2v) is 6.81. The van der Waals surface area contributed by atoms with Crippen LogP contribution in [0.15, 0.2) is 57.8 Å². The van der Waals surface area contributed by atoms with E-state index >= 15 is 0 Å². The van der Waals surface area contributed by atoms with Gasteiger partial charge in [0.15, 0.2) is 0 Å². The molecule has 0 unspecified atom stereocenters. The van der Waals surface area contributed by atoms with E-state index in [-0.39, 0.29) is 17.3 Å². The van der Waals surface area contributed by atoms with Crippen molar-refractivity contribution in [2.75, 3.05) is 16.8 Å². The third-order valence-corrected chi connectivity index (χ3v) is 4.67. The Balaban J connectivity index is 1.84. The number of carbonyl (C=O) groups excluding carboxylic acids is 1. The van der Waals surface area contributed by atoms with E-state index < -0.39 is 10.0 Å². The van der Waals surface area contributed by atoms with Gasteiger partial charge in [-0.1, -0.05) is 24.3 Å². The molecule has 2 aromatic carbocycles. The van der Waals surface area contributed by atoms with Gasteiger partial charge in [-0.2, -0.15) is 8.42 Å². The summed E-state index contributed by atoms with van der Waals surface area (Å²) < 4.78 is 27.5. The normalized spacial score (nSPS) is 15.1. The Morgan fingerprint density at radius 1 is 1.17 bits per heavy atom. The van der Waals surface area contributed by atoms with E-state index in [0.29, 0.717) is 11.4 Å². The van der Waals surface area contributed by atoms with Gasteiger partial charge in [-0.15, -0.1) is 4.40 Å². The van der Waals surface area contributed by atoms with E-state index in [1.54, 1.807) is 24.3 Å². The predicted octanol–water partition coefficient (Wildman–Crippen LogP) is 2.17. The summed E-state index contributed by atoms with van der Waals surface area (Å²) in [4.78, 5) is 13.8. The molecule has 0 spiro atoms. The first-order valence-electron chi connectivity index (χ1n) is 6.98. The van der Waals surface area contributed by atoms with Gasteiger partial charge in [-0.05, 0) is 36.8 Å². The number of nitrogens with one attached hydrogen (secondary N) is 1. The molecule has 0 radical (unpaired) electrons. The van der Waals surface area contributed by atoms with Crippen LogP contribution in [0.2, 0.25) is 0 Å². The van der Waals surface area contributed by atoms with Gasteiger partial charge in [0, 0.05) is 5.69 Å². The molecular weight excluding hydrogens is 314 g/mol. The molecule has 0 aromatic heterocycles. The fraction of sp³-hybridized carbons (Fsp3) is 0.125. The Bertz CT molecular complexity index is 877. The van der Waals surface area contributed by atoms with E-state index in [0.717, 1.165) is 5.56 Å². The van der Waals surface area contributed by atoms with E-state index in [1.807, 2.05) is 25.1 Å². The average molecular weight is 329 g/mol. The summed E-state index contributed by atoms with van der Waals surface area (Å²) >= 11 is 0. The van der Waals surface area contributed by atoms with Gasteiger partial charge >= 0.3 is 0 Å². The molecule has 0 bridgehead atoms. The summed E-state index contributed by atoms with van der Waals surface area (Å²) in [5, 5.41) is 2.76. The molecule has 1 aliphatic rings. The molecule has 3 rings (SSSR count). The molecule has 0 saturated heterocycles. The third kappa shape index (κ3) is 3.24. The highest BCUT2D eigenvalue weighted by atomic mass is 32.2. The monoisotopic (exact) mass is 329 g/mol. The summed E-state index contributed by atoms with van der Waals surface area (Å²) in [7, 11) is -3.69. The number of nitrogens with zero attached hydrogens (tertiary/aromatic N) is 2. The maximum Gasteiger partial charge on any atom is 0.285 e. The van der Waals surface area contributed by atoms with Gasteiger partial charge in [0.05, 0.1) is 5.69 Å². The molecule has 1 amide bonds. The first kappa shape index (κ1) is 15.2. The van der Waals surface area contributed by atoms with Gasteiger partial charge in [0.1, 0.15) is 17.8 Å². The van der Waals surface area contributed by atoms with Crippen molar-refractivity contribution in [3.63, 3.8) is 0 Å². The number of benzene rings is 2. The molecule has 1 N–H and O–H groups in total. The van der Waals surface area contributed by atoms with Crippen LogP contribution in [0.3, 0.4) is 0 Å². The summed E-state index contributed by atoms with van der Waals surface area (Å²) in [5.74, 6) is -0.255. The molecule has 1 heterocycles. The van der Waals surface area contributed by atoms with Crippen LogP contribution in [0.25, 0.3) is 0 Å². The van der Waals surface area contributed by atoms with E-state index in [9.17, 15) is 13.2 Å². The quantitative estimate of drug-likeness (QED) is 0.936. The van der Waals surface area contributed by atoms with E-state index in [1.165, 1.54) is 17.3 Å². The van der Waals surface area contributed by atoms with Crippen molar-refractivity contribution in [2.45, 2.75) is 11.8 Å². The minimum absolute atomic E-state index is 0.0234.